The molecule has 0 radical (unpaired) electrons. The van der Waals surface area contributed by atoms with Crippen LogP contribution in [0.2, 0.25) is 0 Å². The highest BCUT2D eigenvalue weighted by Crippen LogP contribution is 2.25. The lowest BCUT2D eigenvalue weighted by molar-refractivity contribution is 0.0944. The van der Waals surface area contributed by atoms with E-state index >= 15 is 0 Å². The highest BCUT2D eigenvalue weighted by molar-refractivity contribution is 7.13. The van der Waals surface area contributed by atoms with E-state index in [-0.39, 0.29) is 11.6 Å². The first-order chi connectivity index (χ1) is 12.2. The Labute approximate surface area is 148 Å². The number of ether oxygens (including phenoxy) is 2. The minimum atomic E-state index is -0.311. The summed E-state index contributed by atoms with van der Waals surface area (Å²) >= 11 is 1.52. The number of methoxy groups -OCH3 is 2. The molecule has 1 aromatic carbocycles. The quantitative estimate of drug-likeness (QED) is 0.730. The molecule has 3 rings (SSSR count). The molecule has 0 saturated heterocycles. The van der Waals surface area contributed by atoms with E-state index < -0.39 is 0 Å². The highest BCUT2D eigenvalue weighted by Gasteiger charge is 2.10. The van der Waals surface area contributed by atoms with Crippen LogP contribution in [0.25, 0.3) is 10.6 Å². The minimum Gasteiger partial charge on any atom is -0.497 e. The Morgan fingerprint density at radius 3 is 2.52 bits per heavy atom. The molecule has 25 heavy (non-hydrogen) atoms. The number of amides is 1. The number of rotatable bonds is 6. The van der Waals surface area contributed by atoms with Gasteiger partial charge < -0.3 is 14.8 Å². The van der Waals surface area contributed by atoms with Crippen molar-refractivity contribution in [3.63, 3.8) is 0 Å². The third kappa shape index (κ3) is 4.10. The number of nitrogens with one attached hydrogen (secondary N) is 1. The van der Waals surface area contributed by atoms with Crippen molar-refractivity contribution in [2.24, 2.45) is 0 Å². The summed E-state index contributed by atoms with van der Waals surface area (Å²) in [5.41, 5.74) is 2.02. The average molecular weight is 356 g/mol. The molecule has 0 aliphatic rings. The zero-order chi connectivity index (χ0) is 17.6. The van der Waals surface area contributed by atoms with Crippen molar-refractivity contribution in [1.82, 2.24) is 20.5 Å². The van der Waals surface area contributed by atoms with Crippen LogP contribution in [0.15, 0.2) is 41.8 Å². The van der Waals surface area contributed by atoms with Crippen molar-refractivity contribution >= 4 is 17.2 Å². The lowest BCUT2D eigenvalue weighted by atomic mass is 10.2. The van der Waals surface area contributed by atoms with Gasteiger partial charge >= 0.3 is 0 Å². The number of benzene rings is 1. The van der Waals surface area contributed by atoms with Crippen LogP contribution < -0.4 is 14.8 Å². The first-order valence-corrected chi connectivity index (χ1v) is 8.32. The standard InChI is InChI=1S/C17H16N4O3S/c1-23-13-5-3-11(4-6-13)17-19-12(10-25-17)9-18-16(22)14-7-8-15(24-2)21-20-14/h3-8,10H,9H2,1-2H3,(H,18,22). The smallest absolute Gasteiger partial charge is 0.272 e. The maximum atomic E-state index is 12.1. The fraction of sp³-hybridized carbons (Fsp3) is 0.176. The van der Waals surface area contributed by atoms with Crippen molar-refractivity contribution in [3.8, 4) is 22.2 Å². The molecule has 0 fully saturated rings. The molecule has 128 valence electrons. The van der Waals surface area contributed by atoms with E-state index in [1.165, 1.54) is 18.4 Å². The Morgan fingerprint density at radius 2 is 1.88 bits per heavy atom. The van der Waals surface area contributed by atoms with Gasteiger partial charge in [-0.25, -0.2) is 4.98 Å². The van der Waals surface area contributed by atoms with Gasteiger partial charge in [0.1, 0.15) is 10.8 Å². The normalized spacial score (nSPS) is 10.3. The summed E-state index contributed by atoms with van der Waals surface area (Å²) in [6.07, 6.45) is 0. The van der Waals surface area contributed by atoms with E-state index in [0.717, 1.165) is 22.0 Å². The Morgan fingerprint density at radius 1 is 1.08 bits per heavy atom. The van der Waals surface area contributed by atoms with Gasteiger partial charge in [-0.05, 0) is 30.3 Å². The lowest BCUT2D eigenvalue weighted by Crippen LogP contribution is -2.24. The summed E-state index contributed by atoms with van der Waals surface area (Å²) < 4.78 is 10.1. The monoisotopic (exact) mass is 356 g/mol. The van der Waals surface area contributed by atoms with Crippen LogP contribution in [-0.4, -0.2) is 35.3 Å². The van der Waals surface area contributed by atoms with Crippen LogP contribution in [0, 0.1) is 0 Å². The summed E-state index contributed by atoms with van der Waals surface area (Å²) in [6.45, 7) is 0.319. The molecular formula is C17H16N4O3S. The molecule has 1 N–H and O–H groups in total. The second-order valence-electron chi connectivity index (χ2n) is 5.02. The maximum absolute atomic E-state index is 12.1. The van der Waals surface area contributed by atoms with Crippen molar-refractivity contribution in [1.29, 1.82) is 0 Å². The van der Waals surface area contributed by atoms with Gasteiger partial charge in [0.15, 0.2) is 5.69 Å². The SMILES string of the molecule is COc1ccc(-c2nc(CNC(=O)c3ccc(OC)nn3)cs2)cc1. The molecule has 0 spiro atoms. The van der Waals surface area contributed by atoms with Gasteiger partial charge in [0.2, 0.25) is 5.88 Å². The van der Waals surface area contributed by atoms with Crippen LogP contribution in [0.4, 0.5) is 0 Å². The molecule has 0 bridgehead atoms. The van der Waals surface area contributed by atoms with Gasteiger partial charge in [0, 0.05) is 17.0 Å². The molecule has 0 atom stereocenters. The van der Waals surface area contributed by atoms with Crippen LogP contribution in [-0.2, 0) is 6.54 Å². The van der Waals surface area contributed by atoms with E-state index in [4.69, 9.17) is 9.47 Å². The number of hydrogen-bond acceptors (Lipinski definition) is 7. The summed E-state index contributed by atoms with van der Waals surface area (Å²) in [5.74, 6) is 0.850. The van der Waals surface area contributed by atoms with Crippen LogP contribution in [0.3, 0.4) is 0 Å². The molecule has 0 aliphatic heterocycles. The number of hydrogen-bond donors (Lipinski definition) is 1. The van der Waals surface area contributed by atoms with Crippen molar-refractivity contribution in [2.75, 3.05) is 14.2 Å². The third-order valence-electron chi connectivity index (χ3n) is 3.40. The number of nitrogens with zero attached hydrogens (tertiary/aromatic N) is 3. The van der Waals surface area contributed by atoms with Crippen LogP contribution >= 0.6 is 11.3 Å². The summed E-state index contributed by atoms with van der Waals surface area (Å²) in [6, 6.07) is 10.8. The van der Waals surface area contributed by atoms with E-state index in [9.17, 15) is 4.79 Å². The molecule has 1 amide bonds. The second-order valence-corrected chi connectivity index (χ2v) is 5.87. The highest BCUT2D eigenvalue weighted by atomic mass is 32.1. The lowest BCUT2D eigenvalue weighted by Gasteiger charge is -2.03. The summed E-state index contributed by atoms with van der Waals surface area (Å²) in [4.78, 5) is 16.6. The molecule has 2 heterocycles. The fourth-order valence-corrected chi connectivity index (χ4v) is 2.89. The zero-order valence-corrected chi connectivity index (χ0v) is 14.5. The Balaban J connectivity index is 1.61. The van der Waals surface area contributed by atoms with E-state index in [1.54, 1.807) is 19.2 Å². The Hall–Kier alpha value is -3.00. The van der Waals surface area contributed by atoms with Gasteiger partial charge in [0.05, 0.1) is 26.5 Å². The Bertz CT molecular complexity index is 847. The number of thiazole rings is 1. The molecule has 2 aromatic heterocycles. The Kier molecular flexibility index (Phi) is 5.20. The third-order valence-corrected chi connectivity index (χ3v) is 4.34. The number of carbonyl (C=O) groups is 1. The molecule has 7 nitrogen and oxygen atoms in total. The fourth-order valence-electron chi connectivity index (χ4n) is 2.07. The van der Waals surface area contributed by atoms with Gasteiger partial charge in [0.25, 0.3) is 5.91 Å². The minimum absolute atomic E-state index is 0.228. The molecule has 0 aliphatic carbocycles. The molecule has 0 unspecified atom stereocenters. The number of aromatic nitrogens is 3. The summed E-state index contributed by atoms with van der Waals surface area (Å²) in [5, 5.41) is 13.2. The van der Waals surface area contributed by atoms with Crippen LogP contribution in [0.5, 0.6) is 11.6 Å². The average Bonchev–Trinajstić information content (AvgIpc) is 3.15. The van der Waals surface area contributed by atoms with E-state index in [1.807, 2.05) is 29.6 Å². The van der Waals surface area contributed by atoms with Crippen molar-refractivity contribution < 1.29 is 14.3 Å². The van der Waals surface area contributed by atoms with Crippen molar-refractivity contribution in [2.45, 2.75) is 6.54 Å². The van der Waals surface area contributed by atoms with Crippen LogP contribution in [0.1, 0.15) is 16.2 Å². The maximum Gasteiger partial charge on any atom is 0.272 e. The second kappa shape index (κ2) is 7.71. The van der Waals surface area contributed by atoms with Gasteiger partial charge in [-0.3, -0.25) is 4.79 Å². The molecular weight excluding hydrogens is 340 g/mol. The van der Waals surface area contributed by atoms with Gasteiger partial charge in [-0.15, -0.1) is 21.5 Å². The van der Waals surface area contributed by atoms with E-state index in [0.29, 0.717) is 12.4 Å². The van der Waals surface area contributed by atoms with Gasteiger partial charge in [-0.1, -0.05) is 0 Å². The van der Waals surface area contributed by atoms with Crippen molar-refractivity contribution in [3.05, 3.63) is 53.2 Å². The predicted molar refractivity (Wildman–Crippen MR) is 93.9 cm³/mol. The molecule has 3 aromatic rings. The topological polar surface area (TPSA) is 86.2 Å². The van der Waals surface area contributed by atoms with E-state index in [2.05, 4.69) is 20.5 Å². The largest absolute Gasteiger partial charge is 0.497 e. The predicted octanol–water partition coefficient (Wildman–Crippen LogP) is 2.55. The zero-order valence-electron chi connectivity index (χ0n) is 13.7. The van der Waals surface area contributed by atoms with Gasteiger partial charge in [-0.2, -0.15) is 0 Å². The summed E-state index contributed by atoms with van der Waals surface area (Å²) in [7, 11) is 3.12. The molecule has 8 heteroatoms. The first kappa shape index (κ1) is 16.8. The number of carbonyl (C=O) groups excluding carboxylic acids is 1. The first-order valence-electron chi connectivity index (χ1n) is 7.44. The molecule has 0 saturated carbocycles.